The Morgan fingerprint density at radius 3 is 2.32 bits per heavy atom. The van der Waals surface area contributed by atoms with Crippen LogP contribution in [0.25, 0.3) is 22.6 Å². The number of allylic oxidation sites excluding steroid dienone is 1. The first-order chi connectivity index (χ1) is 13.7. The minimum atomic E-state index is 0.0638. The number of carbonyl (C=O) groups excluding carboxylic acids is 1. The number of ketones is 1. The van der Waals surface area contributed by atoms with E-state index in [0.29, 0.717) is 5.57 Å². The number of hydrogen-bond donors (Lipinski definition) is 0. The molecular weight excluding hydrogens is 410 g/mol. The molecule has 0 bridgehead atoms. The van der Waals surface area contributed by atoms with Gasteiger partial charge in [0.15, 0.2) is 5.78 Å². The van der Waals surface area contributed by atoms with Crippen LogP contribution in [0.3, 0.4) is 0 Å². The maximum Gasteiger partial charge on any atom is 0.167 e. The molecule has 3 aromatic carbocycles. The van der Waals surface area contributed by atoms with Gasteiger partial charge in [0.05, 0.1) is 5.52 Å². The van der Waals surface area contributed by atoms with Crippen LogP contribution in [-0.4, -0.2) is 10.8 Å². The predicted octanol–water partition coefficient (Wildman–Crippen LogP) is 6.35. The van der Waals surface area contributed by atoms with Crippen molar-refractivity contribution in [3.63, 3.8) is 0 Å². The molecule has 136 valence electrons. The molecule has 0 aliphatic heterocycles. The number of benzene rings is 3. The van der Waals surface area contributed by atoms with E-state index >= 15 is 0 Å². The number of fused-ring (bicyclic) bond motifs is 1. The maximum atomic E-state index is 13.4. The van der Waals surface area contributed by atoms with Crippen molar-refractivity contribution in [2.75, 3.05) is 0 Å². The third-order valence-electron chi connectivity index (χ3n) is 4.66. The van der Waals surface area contributed by atoms with Gasteiger partial charge in [0, 0.05) is 33.6 Å². The first-order valence-electron chi connectivity index (χ1n) is 9.10. The minimum Gasteiger partial charge on any atom is -0.294 e. The number of halogens is 1. The van der Waals surface area contributed by atoms with Gasteiger partial charge in [-0.1, -0.05) is 88.7 Å². The van der Waals surface area contributed by atoms with Crippen molar-refractivity contribution in [1.82, 2.24) is 4.98 Å². The van der Waals surface area contributed by atoms with Crippen LogP contribution in [0.1, 0.15) is 16.7 Å². The molecule has 1 heterocycles. The Morgan fingerprint density at radius 2 is 1.57 bits per heavy atom. The van der Waals surface area contributed by atoms with Gasteiger partial charge in [-0.05, 0) is 29.3 Å². The average Bonchev–Trinajstić information content (AvgIpc) is 2.75. The van der Waals surface area contributed by atoms with Gasteiger partial charge in [0.25, 0.3) is 0 Å². The first kappa shape index (κ1) is 18.3. The third-order valence-corrected chi connectivity index (χ3v) is 5.40. The molecule has 0 radical (unpaired) electrons. The predicted molar refractivity (Wildman–Crippen MR) is 119 cm³/mol. The highest BCUT2D eigenvalue weighted by Crippen LogP contribution is 2.28. The van der Waals surface area contributed by atoms with Crippen LogP contribution >= 0.6 is 15.9 Å². The molecule has 0 aliphatic carbocycles. The van der Waals surface area contributed by atoms with Crippen LogP contribution < -0.4 is 0 Å². The highest BCUT2D eigenvalue weighted by molar-refractivity contribution is 9.10. The largest absolute Gasteiger partial charge is 0.294 e. The molecule has 3 heteroatoms. The molecule has 0 saturated carbocycles. The van der Waals surface area contributed by atoms with Gasteiger partial charge in [0.2, 0.25) is 0 Å². The summed E-state index contributed by atoms with van der Waals surface area (Å²) in [6, 6.07) is 27.7. The van der Waals surface area contributed by atoms with Crippen LogP contribution in [0.4, 0.5) is 0 Å². The standard InChI is InChI=1S/C25H18BrNO/c26-23-14-13-20-12-7-15-27-25(20)22(23)17-24(28)21(19-10-5-2-6-11-19)16-18-8-3-1-4-9-18/h1-16H,17H2/b21-16+. The van der Waals surface area contributed by atoms with Crippen molar-refractivity contribution in [3.05, 3.63) is 112 Å². The monoisotopic (exact) mass is 427 g/mol. The molecule has 28 heavy (non-hydrogen) atoms. The van der Waals surface area contributed by atoms with E-state index in [9.17, 15) is 4.79 Å². The van der Waals surface area contributed by atoms with E-state index in [-0.39, 0.29) is 12.2 Å². The zero-order valence-electron chi connectivity index (χ0n) is 15.2. The molecule has 0 fully saturated rings. The molecule has 0 amide bonds. The van der Waals surface area contributed by atoms with Crippen molar-refractivity contribution >= 4 is 44.3 Å². The summed E-state index contributed by atoms with van der Waals surface area (Å²) in [6.45, 7) is 0. The molecule has 4 rings (SSSR count). The smallest absolute Gasteiger partial charge is 0.167 e. The number of pyridine rings is 1. The van der Waals surface area contributed by atoms with Crippen LogP contribution in [0, 0.1) is 0 Å². The Balaban J connectivity index is 1.77. The molecule has 0 spiro atoms. The Hall–Kier alpha value is -3.04. The van der Waals surface area contributed by atoms with Crippen molar-refractivity contribution < 1.29 is 4.79 Å². The van der Waals surface area contributed by atoms with E-state index < -0.39 is 0 Å². The lowest BCUT2D eigenvalue weighted by atomic mass is 9.94. The maximum absolute atomic E-state index is 13.4. The molecule has 1 aromatic heterocycles. The van der Waals surface area contributed by atoms with Crippen molar-refractivity contribution in [2.24, 2.45) is 0 Å². The summed E-state index contributed by atoms with van der Waals surface area (Å²) in [6.07, 6.45) is 4.01. The second kappa shape index (κ2) is 8.32. The van der Waals surface area contributed by atoms with Crippen LogP contribution in [-0.2, 0) is 11.2 Å². The van der Waals surface area contributed by atoms with Gasteiger partial charge in [-0.25, -0.2) is 0 Å². The molecule has 0 saturated heterocycles. The summed E-state index contributed by atoms with van der Waals surface area (Å²) in [5.74, 6) is 0.0638. The van der Waals surface area contributed by atoms with Gasteiger partial charge in [-0.3, -0.25) is 9.78 Å². The minimum absolute atomic E-state index is 0.0638. The van der Waals surface area contributed by atoms with E-state index in [4.69, 9.17) is 0 Å². The highest BCUT2D eigenvalue weighted by Gasteiger charge is 2.17. The van der Waals surface area contributed by atoms with E-state index in [0.717, 1.165) is 32.1 Å². The SMILES string of the molecule is O=C(Cc1c(Br)ccc2cccnc12)/C(=C/c1ccccc1)c1ccccc1. The number of carbonyl (C=O) groups is 1. The lowest BCUT2D eigenvalue weighted by Crippen LogP contribution is -2.07. The van der Waals surface area contributed by atoms with Gasteiger partial charge in [0.1, 0.15) is 0 Å². The van der Waals surface area contributed by atoms with Gasteiger partial charge < -0.3 is 0 Å². The topological polar surface area (TPSA) is 30.0 Å². The van der Waals surface area contributed by atoms with Crippen LogP contribution in [0.15, 0.2) is 95.6 Å². The van der Waals surface area contributed by atoms with Gasteiger partial charge in [-0.15, -0.1) is 0 Å². The lowest BCUT2D eigenvalue weighted by Gasteiger charge is -2.11. The van der Waals surface area contributed by atoms with Crippen molar-refractivity contribution in [2.45, 2.75) is 6.42 Å². The Kier molecular flexibility index (Phi) is 5.45. The zero-order chi connectivity index (χ0) is 19.3. The second-order valence-electron chi connectivity index (χ2n) is 6.54. The fourth-order valence-corrected chi connectivity index (χ4v) is 3.72. The number of rotatable bonds is 5. The first-order valence-corrected chi connectivity index (χ1v) is 9.89. The normalized spacial score (nSPS) is 11.5. The second-order valence-corrected chi connectivity index (χ2v) is 7.39. The number of Topliss-reactive ketones (excluding diaryl/α,β-unsaturated/α-hetero) is 1. The third kappa shape index (κ3) is 3.95. The zero-order valence-corrected chi connectivity index (χ0v) is 16.8. The highest BCUT2D eigenvalue weighted by atomic mass is 79.9. The fraction of sp³-hybridized carbons (Fsp3) is 0.0400. The number of hydrogen-bond acceptors (Lipinski definition) is 2. The van der Waals surface area contributed by atoms with Crippen molar-refractivity contribution in [3.8, 4) is 0 Å². The van der Waals surface area contributed by atoms with E-state index in [2.05, 4.69) is 20.9 Å². The number of aromatic nitrogens is 1. The van der Waals surface area contributed by atoms with Crippen LogP contribution in [0.2, 0.25) is 0 Å². The molecule has 0 aliphatic rings. The molecule has 2 nitrogen and oxygen atoms in total. The van der Waals surface area contributed by atoms with E-state index in [1.54, 1.807) is 6.20 Å². The molecule has 0 unspecified atom stereocenters. The van der Waals surface area contributed by atoms with Crippen LogP contribution in [0.5, 0.6) is 0 Å². The number of nitrogens with zero attached hydrogens (tertiary/aromatic N) is 1. The van der Waals surface area contributed by atoms with Gasteiger partial charge in [-0.2, -0.15) is 0 Å². The van der Waals surface area contributed by atoms with E-state index in [1.807, 2.05) is 91.0 Å². The quantitative estimate of drug-likeness (QED) is 0.274. The summed E-state index contributed by atoms with van der Waals surface area (Å²) in [5.41, 5.74) is 4.40. The fourth-order valence-electron chi connectivity index (χ4n) is 3.26. The summed E-state index contributed by atoms with van der Waals surface area (Å²) in [4.78, 5) is 17.9. The van der Waals surface area contributed by atoms with Crippen molar-refractivity contribution in [1.29, 1.82) is 0 Å². The Morgan fingerprint density at radius 1 is 0.857 bits per heavy atom. The molecule has 4 aromatic rings. The summed E-state index contributed by atoms with van der Waals surface area (Å²) in [7, 11) is 0. The Labute approximate surface area is 172 Å². The molecule has 0 N–H and O–H groups in total. The average molecular weight is 428 g/mol. The lowest BCUT2D eigenvalue weighted by molar-refractivity contribution is -0.113. The van der Waals surface area contributed by atoms with Gasteiger partial charge >= 0.3 is 0 Å². The summed E-state index contributed by atoms with van der Waals surface area (Å²) >= 11 is 3.61. The molecule has 0 atom stereocenters. The Bertz CT molecular complexity index is 1150. The summed E-state index contributed by atoms with van der Waals surface area (Å²) in [5, 5.41) is 1.03. The molecular formula is C25H18BrNO. The van der Waals surface area contributed by atoms with E-state index in [1.165, 1.54) is 0 Å². The summed E-state index contributed by atoms with van der Waals surface area (Å²) < 4.78 is 0.902.